The lowest BCUT2D eigenvalue weighted by Crippen LogP contribution is -2.36. The predicted molar refractivity (Wildman–Crippen MR) is 93.4 cm³/mol. The summed E-state index contributed by atoms with van der Waals surface area (Å²) < 4.78 is 15.9. The molecule has 0 saturated carbocycles. The van der Waals surface area contributed by atoms with Gasteiger partial charge in [-0.2, -0.15) is 0 Å². The molecule has 8 nitrogen and oxygen atoms in total. The highest BCUT2D eigenvalue weighted by molar-refractivity contribution is 5.89. The Hall–Kier alpha value is -2.48. The van der Waals surface area contributed by atoms with E-state index < -0.39 is 17.9 Å². The number of hydrogen-bond donors (Lipinski definition) is 2. The molecule has 0 spiro atoms. The first kappa shape index (κ1) is 20.6. The first-order valence-corrected chi connectivity index (χ1v) is 7.93. The second-order valence-electron chi connectivity index (χ2n) is 5.61. The average molecular weight is 354 g/mol. The minimum absolute atomic E-state index is 0.110. The van der Waals surface area contributed by atoms with E-state index in [4.69, 9.17) is 19.3 Å². The maximum absolute atomic E-state index is 12.1. The molecule has 0 aliphatic carbocycles. The van der Waals surface area contributed by atoms with Crippen LogP contribution < -0.4 is 14.8 Å². The van der Waals surface area contributed by atoms with Crippen molar-refractivity contribution in [1.82, 2.24) is 4.90 Å². The quantitative estimate of drug-likeness (QED) is 0.626. The summed E-state index contributed by atoms with van der Waals surface area (Å²) in [6.07, 6.45) is 0.755. The zero-order chi connectivity index (χ0) is 18.8. The molecule has 1 atom stereocenters. The molecule has 0 radical (unpaired) electrons. The van der Waals surface area contributed by atoms with Crippen LogP contribution in [0.2, 0.25) is 0 Å². The lowest BCUT2D eigenvalue weighted by molar-refractivity contribution is -0.141. The maximum atomic E-state index is 12.1. The van der Waals surface area contributed by atoms with Crippen LogP contribution in [0.4, 0.5) is 10.5 Å². The monoisotopic (exact) mass is 354 g/mol. The Bertz CT molecular complexity index is 578. The SMILES string of the molecule is COCCCOc1ccc(NC(=O)N(C)CC(C)C(=O)O)cc1OC. The summed E-state index contributed by atoms with van der Waals surface area (Å²) in [4.78, 5) is 24.3. The van der Waals surface area contributed by atoms with Gasteiger partial charge in [0.15, 0.2) is 11.5 Å². The van der Waals surface area contributed by atoms with Crippen LogP contribution in [0.5, 0.6) is 11.5 Å². The molecule has 0 fully saturated rings. The van der Waals surface area contributed by atoms with E-state index in [1.807, 2.05) is 0 Å². The number of amides is 2. The van der Waals surface area contributed by atoms with E-state index in [1.165, 1.54) is 12.0 Å². The van der Waals surface area contributed by atoms with Crippen molar-refractivity contribution in [3.8, 4) is 11.5 Å². The Kier molecular flexibility index (Phi) is 8.55. The Balaban J connectivity index is 2.66. The zero-order valence-electron chi connectivity index (χ0n) is 15.1. The molecule has 2 amide bonds. The number of nitrogens with one attached hydrogen (secondary N) is 1. The molecule has 25 heavy (non-hydrogen) atoms. The molecule has 1 aromatic carbocycles. The Labute approximate surface area is 147 Å². The number of ether oxygens (including phenoxy) is 3. The van der Waals surface area contributed by atoms with Crippen LogP contribution in [0.1, 0.15) is 13.3 Å². The van der Waals surface area contributed by atoms with E-state index in [0.29, 0.717) is 30.4 Å². The summed E-state index contributed by atoms with van der Waals surface area (Å²) >= 11 is 0. The second kappa shape index (κ2) is 10.4. The standard InChI is InChI=1S/C17H26N2O6/c1-12(16(20)21)11-19(2)17(22)18-13-6-7-14(15(10-13)24-4)25-9-5-8-23-3/h6-7,10,12H,5,8-9,11H2,1-4H3,(H,18,22)(H,20,21). The van der Waals surface area contributed by atoms with Gasteiger partial charge < -0.3 is 29.5 Å². The molecule has 8 heteroatoms. The minimum atomic E-state index is -0.948. The number of aliphatic carboxylic acids is 1. The van der Waals surface area contributed by atoms with Gasteiger partial charge in [0.05, 0.1) is 19.6 Å². The van der Waals surface area contributed by atoms with Crippen LogP contribution in [-0.2, 0) is 9.53 Å². The number of anilines is 1. The molecule has 0 aliphatic heterocycles. The molecule has 2 N–H and O–H groups in total. The van der Waals surface area contributed by atoms with Crippen LogP contribution >= 0.6 is 0 Å². The van der Waals surface area contributed by atoms with Crippen molar-refractivity contribution in [3.63, 3.8) is 0 Å². The average Bonchev–Trinajstić information content (AvgIpc) is 2.59. The van der Waals surface area contributed by atoms with Crippen LogP contribution in [0.15, 0.2) is 18.2 Å². The molecule has 0 saturated heterocycles. The van der Waals surface area contributed by atoms with Crippen molar-refractivity contribution in [2.45, 2.75) is 13.3 Å². The van der Waals surface area contributed by atoms with E-state index in [2.05, 4.69) is 5.32 Å². The largest absolute Gasteiger partial charge is 0.493 e. The first-order valence-electron chi connectivity index (χ1n) is 7.93. The fourth-order valence-electron chi connectivity index (χ4n) is 2.04. The van der Waals surface area contributed by atoms with Crippen LogP contribution in [-0.4, -0.2) is 63.0 Å². The number of carboxylic acid groups (broad SMARTS) is 1. The summed E-state index contributed by atoms with van der Waals surface area (Å²) in [5.74, 6) is -0.523. The summed E-state index contributed by atoms with van der Waals surface area (Å²) in [5, 5.41) is 11.6. The predicted octanol–water partition coefficient (Wildman–Crippen LogP) is 2.29. The third-order valence-corrected chi connectivity index (χ3v) is 3.48. The van der Waals surface area contributed by atoms with Crippen LogP contribution in [0, 0.1) is 5.92 Å². The third kappa shape index (κ3) is 6.88. The fraction of sp³-hybridized carbons (Fsp3) is 0.529. The highest BCUT2D eigenvalue weighted by Gasteiger charge is 2.18. The van der Waals surface area contributed by atoms with Crippen molar-refractivity contribution in [2.24, 2.45) is 5.92 Å². The third-order valence-electron chi connectivity index (χ3n) is 3.48. The second-order valence-corrected chi connectivity index (χ2v) is 5.61. The van der Waals surface area contributed by atoms with Gasteiger partial charge in [-0.1, -0.05) is 6.92 Å². The number of rotatable bonds is 10. The maximum Gasteiger partial charge on any atom is 0.321 e. The van der Waals surface area contributed by atoms with Crippen molar-refractivity contribution >= 4 is 17.7 Å². The number of carboxylic acids is 1. The van der Waals surface area contributed by atoms with Gasteiger partial charge in [-0.25, -0.2) is 4.79 Å². The number of carbonyl (C=O) groups is 2. The number of urea groups is 1. The zero-order valence-corrected chi connectivity index (χ0v) is 15.1. The summed E-state index contributed by atoms with van der Waals surface area (Å²) in [7, 11) is 4.69. The van der Waals surface area contributed by atoms with Crippen molar-refractivity contribution in [3.05, 3.63) is 18.2 Å². The number of nitrogens with zero attached hydrogens (tertiary/aromatic N) is 1. The molecule has 0 heterocycles. The van der Waals surface area contributed by atoms with Crippen molar-refractivity contribution in [1.29, 1.82) is 0 Å². The van der Waals surface area contributed by atoms with Gasteiger partial charge in [0.25, 0.3) is 0 Å². The lowest BCUT2D eigenvalue weighted by Gasteiger charge is -2.20. The van der Waals surface area contributed by atoms with E-state index in [0.717, 1.165) is 6.42 Å². The Morgan fingerprint density at radius 3 is 2.56 bits per heavy atom. The topological polar surface area (TPSA) is 97.3 Å². The first-order chi connectivity index (χ1) is 11.9. The Morgan fingerprint density at radius 1 is 1.24 bits per heavy atom. The molecule has 1 unspecified atom stereocenters. The fourth-order valence-corrected chi connectivity index (χ4v) is 2.04. The van der Waals surface area contributed by atoms with E-state index in [9.17, 15) is 9.59 Å². The molecule has 0 aromatic heterocycles. The summed E-state index contributed by atoms with van der Waals surface area (Å²) in [6, 6.07) is 4.66. The lowest BCUT2D eigenvalue weighted by atomic mass is 10.2. The molecule has 1 aromatic rings. The van der Waals surface area contributed by atoms with Crippen molar-refractivity contribution < 1.29 is 28.9 Å². The van der Waals surface area contributed by atoms with Gasteiger partial charge in [0.1, 0.15) is 0 Å². The van der Waals surface area contributed by atoms with E-state index >= 15 is 0 Å². The van der Waals surface area contributed by atoms with Crippen LogP contribution in [0.25, 0.3) is 0 Å². The Morgan fingerprint density at radius 2 is 1.96 bits per heavy atom. The van der Waals surface area contributed by atoms with E-state index in [1.54, 1.807) is 39.3 Å². The van der Waals surface area contributed by atoms with Gasteiger partial charge in [0.2, 0.25) is 0 Å². The molecule has 0 aliphatic rings. The normalized spacial score (nSPS) is 11.5. The highest BCUT2D eigenvalue weighted by Crippen LogP contribution is 2.30. The van der Waals surface area contributed by atoms with Crippen LogP contribution in [0.3, 0.4) is 0 Å². The molecular formula is C17H26N2O6. The summed E-state index contributed by atoms with van der Waals surface area (Å²) in [6.45, 7) is 2.76. The van der Waals surface area contributed by atoms with E-state index in [-0.39, 0.29) is 6.54 Å². The highest BCUT2D eigenvalue weighted by atomic mass is 16.5. The molecule has 140 valence electrons. The molecule has 1 rings (SSSR count). The van der Waals surface area contributed by atoms with Gasteiger partial charge in [-0.05, 0) is 12.1 Å². The van der Waals surface area contributed by atoms with Crippen molar-refractivity contribution in [2.75, 3.05) is 46.3 Å². The smallest absolute Gasteiger partial charge is 0.321 e. The number of methoxy groups -OCH3 is 2. The number of carbonyl (C=O) groups excluding carboxylic acids is 1. The molecule has 0 bridgehead atoms. The van der Waals surface area contributed by atoms with Gasteiger partial charge in [-0.15, -0.1) is 0 Å². The number of hydrogen-bond acceptors (Lipinski definition) is 5. The van der Waals surface area contributed by atoms with Gasteiger partial charge in [-0.3, -0.25) is 4.79 Å². The number of benzene rings is 1. The molecular weight excluding hydrogens is 328 g/mol. The summed E-state index contributed by atoms with van der Waals surface area (Å²) in [5.41, 5.74) is 0.529. The van der Waals surface area contributed by atoms with Gasteiger partial charge in [0, 0.05) is 45.5 Å². The van der Waals surface area contributed by atoms with Gasteiger partial charge >= 0.3 is 12.0 Å². The minimum Gasteiger partial charge on any atom is -0.493 e.